The molecule has 1 unspecified atom stereocenters. The summed E-state index contributed by atoms with van der Waals surface area (Å²) < 4.78 is 37.1. The highest BCUT2D eigenvalue weighted by Crippen LogP contribution is 2.23. The number of rotatable bonds is 6. The van der Waals surface area contributed by atoms with Crippen molar-refractivity contribution in [1.82, 2.24) is 10.2 Å². The van der Waals surface area contributed by atoms with Gasteiger partial charge in [0.25, 0.3) is 0 Å². The van der Waals surface area contributed by atoms with Crippen molar-refractivity contribution >= 4 is 0 Å². The molecule has 1 aromatic rings. The molecule has 19 heavy (non-hydrogen) atoms. The van der Waals surface area contributed by atoms with Gasteiger partial charge in [-0.15, -0.1) is 0 Å². The van der Waals surface area contributed by atoms with E-state index in [2.05, 4.69) is 5.32 Å². The number of nitrogens with zero attached hydrogens (tertiary/aromatic N) is 1. The number of likely N-dealkylation sites (N-methyl/N-ethyl adjacent to an activating group) is 2. The van der Waals surface area contributed by atoms with E-state index in [1.165, 1.54) is 7.05 Å². The molecule has 0 aliphatic heterocycles. The Kier molecular flexibility index (Phi) is 5.34. The van der Waals surface area contributed by atoms with Gasteiger partial charge in [0.15, 0.2) is 0 Å². The highest BCUT2D eigenvalue weighted by atomic mass is 19.4. The first-order chi connectivity index (χ1) is 8.83. The summed E-state index contributed by atoms with van der Waals surface area (Å²) in [5.74, 6) is 0. The summed E-state index contributed by atoms with van der Waals surface area (Å²) in [6.45, 7) is -1.23. The van der Waals surface area contributed by atoms with Gasteiger partial charge in [0.2, 0.25) is 0 Å². The topological polar surface area (TPSA) is 35.5 Å². The molecule has 0 saturated carbocycles. The van der Waals surface area contributed by atoms with Crippen molar-refractivity contribution in [2.75, 3.05) is 33.8 Å². The number of halogens is 3. The van der Waals surface area contributed by atoms with Gasteiger partial charge in [0.1, 0.15) is 0 Å². The molecule has 3 nitrogen and oxygen atoms in total. The molecule has 0 heterocycles. The van der Waals surface area contributed by atoms with Gasteiger partial charge in [-0.05, 0) is 19.7 Å². The molecule has 0 bridgehead atoms. The minimum atomic E-state index is -4.25. The molecular formula is C13H19F3N2O. The zero-order valence-corrected chi connectivity index (χ0v) is 11.0. The lowest BCUT2D eigenvalue weighted by Gasteiger charge is -2.36. The Morgan fingerprint density at radius 2 is 1.74 bits per heavy atom. The molecule has 0 spiro atoms. The molecule has 1 rings (SSSR count). The third-order valence-electron chi connectivity index (χ3n) is 3.06. The molecule has 0 aliphatic carbocycles. The van der Waals surface area contributed by atoms with E-state index in [1.54, 1.807) is 31.3 Å². The molecule has 0 radical (unpaired) electrons. The van der Waals surface area contributed by atoms with Crippen LogP contribution in [0.1, 0.15) is 5.56 Å². The average Bonchev–Trinajstić information content (AvgIpc) is 2.35. The van der Waals surface area contributed by atoms with Crippen molar-refractivity contribution < 1.29 is 18.3 Å². The standard InChI is InChI=1S/C13H19F3N2O/c1-17-12(10-19,11-6-4-3-5-7-11)8-18(2)9-13(14,15)16/h3-7,17,19H,8-10H2,1-2H3. The van der Waals surface area contributed by atoms with Crippen LogP contribution in [0, 0.1) is 0 Å². The first kappa shape index (κ1) is 15.9. The molecule has 108 valence electrons. The van der Waals surface area contributed by atoms with Crippen molar-refractivity contribution in [3.05, 3.63) is 35.9 Å². The normalized spacial score (nSPS) is 15.5. The summed E-state index contributed by atoms with van der Waals surface area (Å²) >= 11 is 0. The monoisotopic (exact) mass is 276 g/mol. The zero-order chi connectivity index (χ0) is 14.5. The van der Waals surface area contributed by atoms with Crippen molar-refractivity contribution in [2.24, 2.45) is 0 Å². The summed E-state index contributed by atoms with van der Waals surface area (Å²) in [6, 6.07) is 8.98. The van der Waals surface area contributed by atoms with E-state index in [0.29, 0.717) is 0 Å². The third kappa shape index (κ3) is 4.49. The molecule has 0 aromatic heterocycles. The fraction of sp³-hybridized carbons (Fsp3) is 0.538. The van der Waals surface area contributed by atoms with Gasteiger partial charge in [-0.25, -0.2) is 0 Å². The third-order valence-corrected chi connectivity index (χ3v) is 3.06. The smallest absolute Gasteiger partial charge is 0.394 e. The fourth-order valence-corrected chi connectivity index (χ4v) is 2.11. The second-order valence-corrected chi connectivity index (χ2v) is 4.64. The SMILES string of the molecule is CNC(CO)(CN(C)CC(F)(F)F)c1ccccc1. The minimum Gasteiger partial charge on any atom is -0.394 e. The molecule has 1 atom stereocenters. The van der Waals surface area contributed by atoms with Crippen LogP contribution < -0.4 is 5.32 Å². The van der Waals surface area contributed by atoms with Crippen LogP contribution >= 0.6 is 0 Å². The Labute approximate surface area is 111 Å². The van der Waals surface area contributed by atoms with Crippen LogP contribution in [0.4, 0.5) is 13.2 Å². The van der Waals surface area contributed by atoms with E-state index in [0.717, 1.165) is 10.5 Å². The molecule has 0 amide bonds. The van der Waals surface area contributed by atoms with Gasteiger partial charge >= 0.3 is 6.18 Å². The van der Waals surface area contributed by atoms with Crippen LogP contribution in [0.25, 0.3) is 0 Å². The number of alkyl halides is 3. The Hall–Kier alpha value is -1.11. The predicted molar refractivity (Wildman–Crippen MR) is 67.8 cm³/mol. The van der Waals surface area contributed by atoms with E-state index in [1.807, 2.05) is 6.07 Å². The van der Waals surface area contributed by atoms with E-state index in [-0.39, 0.29) is 13.2 Å². The van der Waals surface area contributed by atoms with E-state index >= 15 is 0 Å². The lowest BCUT2D eigenvalue weighted by atomic mass is 9.90. The van der Waals surface area contributed by atoms with Gasteiger partial charge in [-0.1, -0.05) is 30.3 Å². The second kappa shape index (κ2) is 6.36. The number of hydrogen-bond donors (Lipinski definition) is 2. The van der Waals surface area contributed by atoms with E-state index in [4.69, 9.17) is 0 Å². The van der Waals surface area contributed by atoms with Gasteiger partial charge in [0.05, 0.1) is 18.7 Å². The van der Waals surface area contributed by atoms with Crippen LogP contribution in [0.5, 0.6) is 0 Å². The Bertz CT molecular complexity index is 377. The summed E-state index contributed by atoms with van der Waals surface area (Å²) in [5, 5.41) is 12.5. The molecule has 1 aromatic carbocycles. The Morgan fingerprint density at radius 1 is 1.16 bits per heavy atom. The van der Waals surface area contributed by atoms with Gasteiger partial charge < -0.3 is 10.4 Å². The first-order valence-electron chi connectivity index (χ1n) is 5.93. The molecule has 6 heteroatoms. The maximum Gasteiger partial charge on any atom is 0.401 e. The van der Waals surface area contributed by atoms with Gasteiger partial charge in [-0.2, -0.15) is 13.2 Å². The van der Waals surface area contributed by atoms with Crippen molar-refractivity contribution in [3.8, 4) is 0 Å². The molecule has 2 N–H and O–H groups in total. The maximum atomic E-state index is 12.4. The highest BCUT2D eigenvalue weighted by molar-refractivity contribution is 5.25. The van der Waals surface area contributed by atoms with Crippen molar-refractivity contribution in [1.29, 1.82) is 0 Å². The van der Waals surface area contributed by atoms with Crippen LogP contribution in [-0.2, 0) is 5.54 Å². The molecule has 0 fully saturated rings. The molecular weight excluding hydrogens is 257 g/mol. The van der Waals surface area contributed by atoms with E-state index < -0.39 is 18.3 Å². The van der Waals surface area contributed by atoms with Crippen LogP contribution in [0.3, 0.4) is 0 Å². The zero-order valence-electron chi connectivity index (χ0n) is 11.0. The van der Waals surface area contributed by atoms with Crippen LogP contribution in [0.15, 0.2) is 30.3 Å². The predicted octanol–water partition coefficient (Wildman–Crippen LogP) is 1.59. The van der Waals surface area contributed by atoms with Gasteiger partial charge in [-0.3, -0.25) is 4.90 Å². The number of nitrogens with one attached hydrogen (secondary N) is 1. The fourth-order valence-electron chi connectivity index (χ4n) is 2.11. The lowest BCUT2D eigenvalue weighted by molar-refractivity contribution is -0.145. The summed E-state index contributed by atoms with van der Waals surface area (Å²) in [6.07, 6.45) is -4.25. The van der Waals surface area contributed by atoms with Gasteiger partial charge in [0, 0.05) is 6.54 Å². The number of hydrogen-bond acceptors (Lipinski definition) is 3. The number of aliphatic hydroxyl groups excluding tert-OH is 1. The summed E-state index contributed by atoms with van der Waals surface area (Å²) in [4.78, 5) is 1.15. The summed E-state index contributed by atoms with van der Waals surface area (Å²) in [5.41, 5.74) is -0.143. The quantitative estimate of drug-likeness (QED) is 0.828. The van der Waals surface area contributed by atoms with Crippen LogP contribution in [0.2, 0.25) is 0 Å². The Morgan fingerprint density at radius 3 is 2.16 bits per heavy atom. The first-order valence-corrected chi connectivity index (χ1v) is 5.93. The Balaban J connectivity index is 2.89. The highest BCUT2D eigenvalue weighted by Gasteiger charge is 2.35. The number of aliphatic hydroxyl groups is 1. The molecule has 0 saturated heterocycles. The van der Waals surface area contributed by atoms with Crippen molar-refractivity contribution in [2.45, 2.75) is 11.7 Å². The number of benzene rings is 1. The largest absolute Gasteiger partial charge is 0.401 e. The second-order valence-electron chi connectivity index (χ2n) is 4.64. The van der Waals surface area contributed by atoms with E-state index in [9.17, 15) is 18.3 Å². The lowest BCUT2D eigenvalue weighted by Crippen LogP contribution is -2.52. The maximum absolute atomic E-state index is 12.4. The van der Waals surface area contributed by atoms with Crippen LogP contribution in [-0.4, -0.2) is 50.0 Å². The minimum absolute atomic E-state index is 0.0591. The average molecular weight is 276 g/mol. The summed E-state index contributed by atoms with van der Waals surface area (Å²) in [7, 11) is 3.02. The molecule has 0 aliphatic rings. The van der Waals surface area contributed by atoms with Crippen molar-refractivity contribution in [3.63, 3.8) is 0 Å².